The van der Waals surface area contributed by atoms with Gasteiger partial charge >= 0.3 is 0 Å². The molecule has 2 aliphatic rings. The van der Waals surface area contributed by atoms with Crippen molar-refractivity contribution >= 4 is 17.9 Å². The van der Waals surface area contributed by atoms with Crippen LogP contribution in [0.4, 0.5) is 0 Å². The number of hydrogen-bond donors (Lipinski definition) is 1. The summed E-state index contributed by atoms with van der Waals surface area (Å²) < 4.78 is 0. The third-order valence-corrected chi connectivity index (χ3v) is 5.65. The average Bonchev–Trinajstić information content (AvgIpc) is 2.71. The maximum Gasteiger partial charge on any atom is 0.254 e. The molecule has 0 aliphatic carbocycles. The number of aliphatic hydroxyl groups is 1. The van der Waals surface area contributed by atoms with Crippen LogP contribution in [-0.4, -0.2) is 63.5 Å². The SMILES string of the molecule is C/C=C/c1ccc([C@@H]2[C@@H](CO)N3C(=O)CN(C(=O)c4ccncc4)C[C@@H]23)cc1. The number of carbonyl (C=O) groups excluding carboxylic acids is 2. The fraction of sp³-hybridized carbons (Fsp3) is 0.318. The lowest BCUT2D eigenvalue weighted by atomic mass is 9.73. The minimum atomic E-state index is -0.233. The van der Waals surface area contributed by atoms with Crippen LogP contribution in [0.25, 0.3) is 6.08 Å². The van der Waals surface area contributed by atoms with Crippen LogP contribution in [0.5, 0.6) is 0 Å². The van der Waals surface area contributed by atoms with Gasteiger partial charge in [0, 0.05) is 30.4 Å². The van der Waals surface area contributed by atoms with E-state index in [0.29, 0.717) is 12.1 Å². The van der Waals surface area contributed by atoms with E-state index in [1.165, 1.54) is 0 Å². The van der Waals surface area contributed by atoms with Crippen LogP contribution < -0.4 is 0 Å². The molecule has 2 amide bonds. The van der Waals surface area contributed by atoms with Gasteiger partial charge in [0.05, 0.1) is 18.7 Å². The molecule has 2 saturated heterocycles. The molecule has 0 unspecified atom stereocenters. The smallest absolute Gasteiger partial charge is 0.254 e. The van der Waals surface area contributed by atoms with E-state index in [1.807, 2.05) is 43.3 Å². The molecule has 2 aliphatic heterocycles. The molecular weight excluding hydrogens is 354 g/mol. The maximum absolute atomic E-state index is 12.8. The Balaban J connectivity index is 1.58. The number of hydrogen-bond acceptors (Lipinski definition) is 4. The van der Waals surface area contributed by atoms with Gasteiger partial charge in [0.2, 0.25) is 5.91 Å². The van der Waals surface area contributed by atoms with Gasteiger partial charge in [-0.1, -0.05) is 36.4 Å². The Morgan fingerprint density at radius 3 is 2.57 bits per heavy atom. The molecule has 0 bridgehead atoms. The molecule has 1 aromatic carbocycles. The summed E-state index contributed by atoms with van der Waals surface area (Å²) in [7, 11) is 0. The molecule has 28 heavy (non-hydrogen) atoms. The Bertz CT molecular complexity index is 895. The molecule has 2 fully saturated rings. The summed E-state index contributed by atoms with van der Waals surface area (Å²) in [5, 5.41) is 9.87. The zero-order valence-corrected chi connectivity index (χ0v) is 15.7. The Kier molecular flexibility index (Phi) is 4.96. The third-order valence-electron chi connectivity index (χ3n) is 5.65. The first-order valence-electron chi connectivity index (χ1n) is 9.48. The zero-order valence-electron chi connectivity index (χ0n) is 15.7. The number of carbonyl (C=O) groups is 2. The minimum Gasteiger partial charge on any atom is -0.394 e. The molecule has 0 radical (unpaired) electrons. The summed E-state index contributed by atoms with van der Waals surface area (Å²) in [5.74, 6) is -0.258. The molecule has 0 spiro atoms. The average molecular weight is 377 g/mol. The molecule has 1 aromatic heterocycles. The molecule has 1 N–H and O–H groups in total. The van der Waals surface area contributed by atoms with Crippen molar-refractivity contribution in [2.75, 3.05) is 19.7 Å². The highest BCUT2D eigenvalue weighted by Crippen LogP contribution is 2.43. The number of fused-ring (bicyclic) bond motifs is 1. The number of rotatable bonds is 4. The van der Waals surface area contributed by atoms with Crippen molar-refractivity contribution in [3.05, 3.63) is 71.6 Å². The number of nitrogens with zero attached hydrogens (tertiary/aromatic N) is 3. The first-order valence-corrected chi connectivity index (χ1v) is 9.48. The molecule has 0 saturated carbocycles. The fourth-order valence-electron chi connectivity index (χ4n) is 4.35. The van der Waals surface area contributed by atoms with Gasteiger partial charge in [0.1, 0.15) is 6.54 Å². The first-order chi connectivity index (χ1) is 13.6. The van der Waals surface area contributed by atoms with Gasteiger partial charge < -0.3 is 14.9 Å². The van der Waals surface area contributed by atoms with Crippen molar-refractivity contribution < 1.29 is 14.7 Å². The lowest BCUT2D eigenvalue weighted by molar-refractivity contribution is -0.159. The van der Waals surface area contributed by atoms with Crippen molar-refractivity contribution in [3.8, 4) is 0 Å². The lowest BCUT2D eigenvalue weighted by Crippen LogP contribution is -2.73. The maximum atomic E-state index is 12.8. The zero-order chi connectivity index (χ0) is 19.7. The van der Waals surface area contributed by atoms with E-state index >= 15 is 0 Å². The molecule has 2 aromatic rings. The van der Waals surface area contributed by atoms with Crippen LogP contribution >= 0.6 is 0 Å². The summed E-state index contributed by atoms with van der Waals surface area (Å²) in [6, 6.07) is 11.2. The molecule has 4 rings (SSSR count). The van der Waals surface area contributed by atoms with Gasteiger partial charge in [-0.2, -0.15) is 0 Å². The predicted octanol–water partition coefficient (Wildman–Crippen LogP) is 1.93. The number of pyridine rings is 1. The molecule has 3 heterocycles. The van der Waals surface area contributed by atoms with Gasteiger partial charge in [-0.15, -0.1) is 0 Å². The summed E-state index contributed by atoms with van der Waals surface area (Å²) in [6.45, 7) is 2.40. The molecule has 6 heteroatoms. The van der Waals surface area contributed by atoms with Crippen LogP contribution in [0, 0.1) is 0 Å². The summed E-state index contributed by atoms with van der Waals surface area (Å²) >= 11 is 0. The largest absolute Gasteiger partial charge is 0.394 e. The van der Waals surface area contributed by atoms with Gasteiger partial charge in [-0.3, -0.25) is 14.6 Å². The second-order valence-corrected chi connectivity index (χ2v) is 7.23. The highest BCUT2D eigenvalue weighted by Gasteiger charge is 2.54. The number of allylic oxidation sites excluding steroid dienone is 1. The Morgan fingerprint density at radius 1 is 1.21 bits per heavy atom. The minimum absolute atomic E-state index is 0.0154. The molecule has 144 valence electrons. The number of piperazine rings is 1. The normalized spacial score (nSPS) is 24.2. The summed E-state index contributed by atoms with van der Waals surface area (Å²) in [6.07, 6.45) is 7.16. The van der Waals surface area contributed by atoms with Crippen LogP contribution in [-0.2, 0) is 4.79 Å². The van der Waals surface area contributed by atoms with E-state index in [4.69, 9.17) is 0 Å². The van der Waals surface area contributed by atoms with Crippen molar-refractivity contribution in [1.82, 2.24) is 14.8 Å². The highest BCUT2D eigenvalue weighted by atomic mass is 16.3. The standard InChI is InChI=1S/C22H23N3O3/c1-2-3-15-4-6-16(7-5-15)21-18-12-24(13-20(27)25(18)19(21)14-26)22(28)17-8-10-23-11-9-17/h2-11,18-19,21,26H,12-14H2,1H3/b3-2+/t18-,19+,21-/m0/s1. The highest BCUT2D eigenvalue weighted by molar-refractivity contribution is 5.97. The van der Waals surface area contributed by atoms with Crippen LogP contribution in [0.1, 0.15) is 34.3 Å². The van der Waals surface area contributed by atoms with Crippen LogP contribution in [0.2, 0.25) is 0 Å². The lowest BCUT2D eigenvalue weighted by Gasteiger charge is -2.58. The molecule has 3 atom stereocenters. The van der Waals surface area contributed by atoms with Crippen molar-refractivity contribution in [2.45, 2.75) is 24.9 Å². The second kappa shape index (κ2) is 7.56. The number of amides is 2. The van der Waals surface area contributed by atoms with Crippen LogP contribution in [0.15, 0.2) is 54.9 Å². The van der Waals surface area contributed by atoms with Gasteiger partial charge in [0.15, 0.2) is 0 Å². The van der Waals surface area contributed by atoms with E-state index in [1.54, 1.807) is 34.3 Å². The van der Waals surface area contributed by atoms with Crippen molar-refractivity contribution in [2.24, 2.45) is 0 Å². The Labute approximate surface area is 164 Å². The van der Waals surface area contributed by atoms with Gasteiger partial charge in [0.25, 0.3) is 5.91 Å². The fourth-order valence-corrected chi connectivity index (χ4v) is 4.35. The second-order valence-electron chi connectivity index (χ2n) is 7.23. The van der Waals surface area contributed by atoms with E-state index in [2.05, 4.69) is 4.98 Å². The van der Waals surface area contributed by atoms with Gasteiger partial charge in [-0.05, 0) is 30.2 Å². The molecular formula is C22H23N3O3. The number of aromatic nitrogens is 1. The Hall–Kier alpha value is -2.99. The number of aliphatic hydroxyl groups excluding tert-OH is 1. The van der Waals surface area contributed by atoms with Crippen molar-refractivity contribution in [1.29, 1.82) is 0 Å². The van der Waals surface area contributed by atoms with E-state index in [0.717, 1.165) is 11.1 Å². The quantitative estimate of drug-likeness (QED) is 0.884. The summed E-state index contributed by atoms with van der Waals surface area (Å²) in [5.41, 5.74) is 2.72. The predicted molar refractivity (Wildman–Crippen MR) is 106 cm³/mol. The van der Waals surface area contributed by atoms with Crippen molar-refractivity contribution in [3.63, 3.8) is 0 Å². The third kappa shape index (κ3) is 3.10. The first kappa shape index (κ1) is 18.4. The van der Waals surface area contributed by atoms with E-state index in [9.17, 15) is 14.7 Å². The topological polar surface area (TPSA) is 73.7 Å². The summed E-state index contributed by atoms with van der Waals surface area (Å²) in [4.78, 5) is 32.8. The monoisotopic (exact) mass is 377 g/mol. The van der Waals surface area contributed by atoms with E-state index < -0.39 is 0 Å². The van der Waals surface area contributed by atoms with E-state index in [-0.39, 0.29) is 43.0 Å². The molecule has 6 nitrogen and oxygen atoms in total. The van der Waals surface area contributed by atoms with Gasteiger partial charge in [-0.25, -0.2) is 0 Å². The van der Waals surface area contributed by atoms with Crippen LogP contribution in [0.3, 0.4) is 0 Å². The Morgan fingerprint density at radius 2 is 1.93 bits per heavy atom. The number of benzene rings is 1.